The van der Waals surface area contributed by atoms with Crippen LogP contribution in [0.15, 0.2) is 5.38 Å². The van der Waals surface area contributed by atoms with Crippen LogP contribution in [0, 0.1) is 0 Å². The first-order valence-electron chi connectivity index (χ1n) is 5.64. The number of ether oxygens (including phenoxy) is 1. The summed E-state index contributed by atoms with van der Waals surface area (Å²) < 4.78 is 4.63. The zero-order chi connectivity index (χ0) is 12.3. The van der Waals surface area contributed by atoms with E-state index in [0.717, 1.165) is 37.0 Å². The predicted molar refractivity (Wildman–Crippen MR) is 67.5 cm³/mol. The Kier molecular flexibility index (Phi) is 3.96. The van der Waals surface area contributed by atoms with Gasteiger partial charge in [-0.1, -0.05) is 0 Å². The molecule has 0 atom stereocenters. The van der Waals surface area contributed by atoms with Crippen molar-refractivity contribution in [2.75, 3.05) is 45.2 Å². The fraction of sp³-hybridized carbons (Fsp3) is 0.636. The lowest BCUT2D eigenvalue weighted by molar-refractivity contribution is -0.139. The Hall–Kier alpha value is -1.14. The monoisotopic (exact) mass is 255 g/mol. The first-order valence-corrected chi connectivity index (χ1v) is 6.51. The number of carbonyl (C=O) groups is 1. The molecule has 1 fully saturated rings. The quantitative estimate of drug-likeness (QED) is 0.741. The third-order valence-electron chi connectivity index (χ3n) is 2.87. The van der Waals surface area contributed by atoms with Crippen LogP contribution in [0.5, 0.6) is 0 Å². The van der Waals surface area contributed by atoms with E-state index in [4.69, 9.17) is 0 Å². The molecule has 0 radical (unpaired) electrons. The van der Waals surface area contributed by atoms with Crippen molar-refractivity contribution in [2.24, 2.45) is 0 Å². The molecule has 1 aromatic heterocycles. The molecule has 0 spiro atoms. The van der Waals surface area contributed by atoms with E-state index in [2.05, 4.69) is 26.6 Å². The molecule has 1 aliphatic heterocycles. The zero-order valence-corrected chi connectivity index (χ0v) is 11.0. The van der Waals surface area contributed by atoms with Crippen LogP contribution in [0.2, 0.25) is 0 Å². The molecule has 2 heterocycles. The number of hydrogen-bond acceptors (Lipinski definition) is 6. The predicted octanol–water partition coefficient (Wildman–Crippen LogP) is 0.610. The molecule has 5 nitrogen and oxygen atoms in total. The van der Waals surface area contributed by atoms with Gasteiger partial charge in [-0.25, -0.2) is 4.98 Å². The SMILES string of the molecule is COC(=O)Cc1csc(N2CCN(C)CC2)n1. The third-order valence-corrected chi connectivity index (χ3v) is 3.82. The number of thiazole rings is 1. The van der Waals surface area contributed by atoms with Gasteiger partial charge in [-0.3, -0.25) is 4.79 Å². The number of esters is 1. The minimum absolute atomic E-state index is 0.236. The van der Waals surface area contributed by atoms with Crippen LogP contribution in [0.3, 0.4) is 0 Å². The fourth-order valence-corrected chi connectivity index (χ4v) is 2.62. The van der Waals surface area contributed by atoms with Crippen LogP contribution in [-0.2, 0) is 16.0 Å². The molecule has 0 unspecified atom stereocenters. The molecule has 0 aromatic carbocycles. The summed E-state index contributed by atoms with van der Waals surface area (Å²) >= 11 is 1.60. The summed E-state index contributed by atoms with van der Waals surface area (Å²) in [5.41, 5.74) is 0.802. The number of likely N-dealkylation sites (N-methyl/N-ethyl adjacent to an activating group) is 1. The standard InChI is InChI=1S/C11H17N3O2S/c1-13-3-5-14(6-4-13)11-12-9(8-17-11)7-10(15)16-2/h8H,3-7H2,1-2H3. The molecule has 0 saturated carbocycles. The molecule has 0 N–H and O–H groups in total. The van der Waals surface area contributed by atoms with Gasteiger partial charge in [-0.05, 0) is 7.05 Å². The van der Waals surface area contributed by atoms with Gasteiger partial charge in [0.2, 0.25) is 0 Å². The summed E-state index contributed by atoms with van der Waals surface area (Å²) in [4.78, 5) is 20.2. The lowest BCUT2D eigenvalue weighted by atomic mass is 10.3. The molecule has 17 heavy (non-hydrogen) atoms. The molecule has 0 bridgehead atoms. The highest BCUT2D eigenvalue weighted by Crippen LogP contribution is 2.21. The van der Waals surface area contributed by atoms with Crippen LogP contribution in [0.1, 0.15) is 5.69 Å². The van der Waals surface area contributed by atoms with E-state index in [-0.39, 0.29) is 12.4 Å². The van der Waals surface area contributed by atoms with Crippen molar-refractivity contribution in [3.8, 4) is 0 Å². The highest BCUT2D eigenvalue weighted by atomic mass is 32.1. The van der Waals surface area contributed by atoms with E-state index >= 15 is 0 Å². The summed E-state index contributed by atoms with van der Waals surface area (Å²) in [6, 6.07) is 0. The number of aromatic nitrogens is 1. The smallest absolute Gasteiger partial charge is 0.311 e. The Morgan fingerprint density at radius 3 is 2.82 bits per heavy atom. The first kappa shape index (κ1) is 12.3. The normalized spacial score (nSPS) is 17.2. The molecule has 1 aliphatic rings. The van der Waals surface area contributed by atoms with E-state index in [9.17, 15) is 4.79 Å². The van der Waals surface area contributed by atoms with Crippen LogP contribution >= 0.6 is 11.3 Å². The summed E-state index contributed by atoms with van der Waals surface area (Å²) in [7, 11) is 3.53. The van der Waals surface area contributed by atoms with E-state index in [1.54, 1.807) is 11.3 Å². The van der Waals surface area contributed by atoms with E-state index in [1.165, 1.54) is 7.11 Å². The Bertz CT molecular complexity index is 386. The van der Waals surface area contributed by atoms with Crippen molar-refractivity contribution >= 4 is 22.4 Å². The second kappa shape index (κ2) is 5.46. The van der Waals surface area contributed by atoms with Gasteiger partial charge in [0, 0.05) is 31.6 Å². The van der Waals surface area contributed by atoms with Crippen molar-refractivity contribution < 1.29 is 9.53 Å². The first-order chi connectivity index (χ1) is 8.19. The molecule has 0 amide bonds. The highest BCUT2D eigenvalue weighted by Gasteiger charge is 2.17. The lowest BCUT2D eigenvalue weighted by Gasteiger charge is -2.32. The number of piperazine rings is 1. The zero-order valence-electron chi connectivity index (χ0n) is 10.2. The summed E-state index contributed by atoms with van der Waals surface area (Å²) in [6.45, 7) is 4.13. The van der Waals surface area contributed by atoms with Crippen LogP contribution in [0.4, 0.5) is 5.13 Å². The number of anilines is 1. The van der Waals surface area contributed by atoms with Gasteiger partial charge in [0.1, 0.15) is 0 Å². The average molecular weight is 255 g/mol. The number of nitrogens with zero attached hydrogens (tertiary/aromatic N) is 3. The van der Waals surface area contributed by atoms with E-state index in [1.807, 2.05) is 5.38 Å². The minimum atomic E-state index is -0.236. The number of rotatable bonds is 3. The third kappa shape index (κ3) is 3.17. The van der Waals surface area contributed by atoms with Gasteiger partial charge < -0.3 is 14.5 Å². The topological polar surface area (TPSA) is 45.7 Å². The van der Waals surface area contributed by atoms with Crippen molar-refractivity contribution in [2.45, 2.75) is 6.42 Å². The van der Waals surface area contributed by atoms with Crippen molar-refractivity contribution in [3.05, 3.63) is 11.1 Å². The fourth-order valence-electron chi connectivity index (χ4n) is 1.74. The van der Waals surface area contributed by atoms with Gasteiger partial charge in [-0.2, -0.15) is 0 Å². The van der Waals surface area contributed by atoms with Crippen LogP contribution < -0.4 is 4.90 Å². The second-order valence-corrected chi connectivity index (χ2v) is 5.00. The average Bonchev–Trinajstić information content (AvgIpc) is 2.78. The molecule has 94 valence electrons. The summed E-state index contributed by atoms with van der Waals surface area (Å²) in [6.07, 6.45) is 0.265. The van der Waals surface area contributed by atoms with Crippen LogP contribution in [0.25, 0.3) is 0 Å². The van der Waals surface area contributed by atoms with Crippen molar-refractivity contribution in [1.82, 2.24) is 9.88 Å². The molecular weight excluding hydrogens is 238 g/mol. The summed E-state index contributed by atoms with van der Waals surface area (Å²) in [5, 5.41) is 2.95. The molecule has 1 aromatic rings. The molecule has 6 heteroatoms. The maximum Gasteiger partial charge on any atom is 0.311 e. The number of methoxy groups -OCH3 is 1. The Morgan fingerprint density at radius 1 is 1.47 bits per heavy atom. The van der Waals surface area contributed by atoms with Crippen molar-refractivity contribution in [1.29, 1.82) is 0 Å². The van der Waals surface area contributed by atoms with Crippen LogP contribution in [-0.4, -0.2) is 56.2 Å². The number of hydrogen-bond donors (Lipinski definition) is 0. The lowest BCUT2D eigenvalue weighted by Crippen LogP contribution is -2.44. The van der Waals surface area contributed by atoms with Gasteiger partial charge in [0.15, 0.2) is 5.13 Å². The largest absolute Gasteiger partial charge is 0.469 e. The van der Waals surface area contributed by atoms with Gasteiger partial charge in [0.05, 0.1) is 19.2 Å². The Morgan fingerprint density at radius 2 is 2.18 bits per heavy atom. The van der Waals surface area contributed by atoms with E-state index < -0.39 is 0 Å². The molecule has 0 aliphatic carbocycles. The maximum absolute atomic E-state index is 11.1. The Balaban J connectivity index is 1.96. The molecule has 2 rings (SSSR count). The van der Waals surface area contributed by atoms with Gasteiger partial charge in [-0.15, -0.1) is 11.3 Å². The maximum atomic E-state index is 11.1. The molecule has 1 saturated heterocycles. The van der Waals surface area contributed by atoms with Crippen molar-refractivity contribution in [3.63, 3.8) is 0 Å². The second-order valence-electron chi connectivity index (χ2n) is 4.16. The summed E-state index contributed by atoms with van der Waals surface area (Å²) in [5.74, 6) is -0.236. The van der Waals surface area contributed by atoms with E-state index in [0.29, 0.717) is 0 Å². The minimum Gasteiger partial charge on any atom is -0.469 e. The molecular formula is C11H17N3O2S. The Labute approximate surface area is 105 Å². The number of carbonyl (C=O) groups excluding carboxylic acids is 1. The van der Waals surface area contributed by atoms with Gasteiger partial charge >= 0.3 is 5.97 Å². The highest BCUT2D eigenvalue weighted by molar-refractivity contribution is 7.13. The van der Waals surface area contributed by atoms with Gasteiger partial charge in [0.25, 0.3) is 0 Å².